The Kier molecular flexibility index (Phi) is 2.67. The van der Waals surface area contributed by atoms with Crippen LogP contribution in [0.1, 0.15) is 13.3 Å². The van der Waals surface area contributed by atoms with E-state index in [9.17, 15) is 17.6 Å². The van der Waals surface area contributed by atoms with Gasteiger partial charge in [0.2, 0.25) is 0 Å². The first-order valence-electron chi connectivity index (χ1n) is 2.41. The number of halogens is 4. The van der Waals surface area contributed by atoms with Crippen LogP contribution in [0.3, 0.4) is 0 Å². The van der Waals surface area contributed by atoms with Gasteiger partial charge in [-0.3, -0.25) is 0 Å². The van der Waals surface area contributed by atoms with Crippen LogP contribution in [-0.4, -0.2) is 6.18 Å². The van der Waals surface area contributed by atoms with Crippen molar-refractivity contribution in [3.8, 4) is 0 Å². The van der Waals surface area contributed by atoms with Crippen molar-refractivity contribution >= 4 is 0 Å². The third kappa shape index (κ3) is 3.11. The fourth-order valence-corrected chi connectivity index (χ4v) is 0.295. The summed E-state index contributed by atoms with van der Waals surface area (Å²) in [5.74, 6) is -2.01. The van der Waals surface area contributed by atoms with Crippen LogP contribution in [-0.2, 0) is 0 Å². The molecule has 0 nitrogen and oxygen atoms in total. The molecule has 0 spiro atoms. The van der Waals surface area contributed by atoms with Crippen molar-refractivity contribution in [2.24, 2.45) is 0 Å². The Bertz CT molecular complexity index is 111. The van der Waals surface area contributed by atoms with E-state index in [-0.39, 0.29) is 6.42 Å². The highest BCUT2D eigenvalue weighted by atomic mass is 19.4. The lowest BCUT2D eigenvalue weighted by atomic mass is 10.4. The van der Waals surface area contributed by atoms with Gasteiger partial charge in [-0.05, 0) is 12.5 Å². The lowest BCUT2D eigenvalue weighted by molar-refractivity contribution is -0.109. The van der Waals surface area contributed by atoms with E-state index in [1.165, 1.54) is 6.92 Å². The van der Waals surface area contributed by atoms with Crippen molar-refractivity contribution in [2.75, 3.05) is 0 Å². The second kappa shape index (κ2) is 2.85. The molecule has 0 aromatic carbocycles. The summed E-state index contributed by atoms with van der Waals surface area (Å²) in [6.45, 7) is 1.44. The van der Waals surface area contributed by atoms with E-state index in [2.05, 4.69) is 0 Å². The van der Waals surface area contributed by atoms with Crippen molar-refractivity contribution in [1.82, 2.24) is 0 Å². The maximum Gasteiger partial charge on any atom is 0.442 e. The van der Waals surface area contributed by atoms with Gasteiger partial charge in [0.05, 0.1) is 0 Å². The lowest BCUT2D eigenvalue weighted by Gasteiger charge is -2.00. The molecule has 9 heavy (non-hydrogen) atoms. The van der Waals surface area contributed by atoms with Crippen LogP contribution in [0.25, 0.3) is 0 Å². The van der Waals surface area contributed by atoms with Crippen molar-refractivity contribution < 1.29 is 17.6 Å². The Morgan fingerprint density at radius 2 is 1.89 bits per heavy atom. The summed E-state index contributed by atoms with van der Waals surface area (Å²) in [4.78, 5) is 0. The van der Waals surface area contributed by atoms with Crippen molar-refractivity contribution in [1.29, 1.82) is 0 Å². The molecule has 0 aromatic heterocycles. The standard InChI is InChI=1S/C5H6F4/c1-2-3-4(6)5(7,8)9/h3H,2H2,1H3/b4-3+. The van der Waals surface area contributed by atoms with Gasteiger partial charge in [-0.15, -0.1) is 0 Å². The highest BCUT2D eigenvalue weighted by Gasteiger charge is 2.33. The maximum atomic E-state index is 11.6. The molecule has 0 N–H and O–H groups in total. The van der Waals surface area contributed by atoms with Gasteiger partial charge in [0.25, 0.3) is 0 Å². The van der Waals surface area contributed by atoms with Crippen LogP contribution < -0.4 is 0 Å². The second-order valence-corrected chi connectivity index (χ2v) is 1.46. The zero-order chi connectivity index (χ0) is 7.49. The van der Waals surface area contributed by atoms with Crippen molar-refractivity contribution in [3.63, 3.8) is 0 Å². The molecule has 0 aliphatic carbocycles. The first kappa shape index (κ1) is 8.46. The normalized spacial score (nSPS) is 14.1. The largest absolute Gasteiger partial charge is 0.442 e. The smallest absolute Gasteiger partial charge is 0.202 e. The summed E-state index contributed by atoms with van der Waals surface area (Å²) in [6.07, 6.45) is -4.23. The molecule has 0 saturated heterocycles. The zero-order valence-corrected chi connectivity index (χ0v) is 4.80. The summed E-state index contributed by atoms with van der Waals surface area (Å²) in [5, 5.41) is 0. The molecule has 0 atom stereocenters. The van der Waals surface area contributed by atoms with Crippen LogP contribution in [0.15, 0.2) is 11.9 Å². The number of allylic oxidation sites excluding steroid dienone is 2. The van der Waals surface area contributed by atoms with Crippen LogP contribution in [0, 0.1) is 0 Å². The molecule has 0 heterocycles. The van der Waals surface area contributed by atoms with Gasteiger partial charge < -0.3 is 0 Å². The molecule has 0 fully saturated rings. The summed E-state index contributed by atoms with van der Waals surface area (Å²) in [5.41, 5.74) is 0. The van der Waals surface area contributed by atoms with Crippen LogP contribution >= 0.6 is 0 Å². The molecule has 0 saturated carbocycles. The average Bonchev–Trinajstić information content (AvgIpc) is 1.64. The van der Waals surface area contributed by atoms with Crippen LogP contribution in [0.2, 0.25) is 0 Å². The van der Waals surface area contributed by atoms with E-state index in [1.54, 1.807) is 0 Å². The van der Waals surface area contributed by atoms with Gasteiger partial charge >= 0.3 is 6.18 Å². The van der Waals surface area contributed by atoms with E-state index >= 15 is 0 Å². The molecule has 54 valence electrons. The second-order valence-electron chi connectivity index (χ2n) is 1.46. The van der Waals surface area contributed by atoms with Gasteiger partial charge in [-0.25, -0.2) is 4.39 Å². The maximum absolute atomic E-state index is 11.6. The molecule has 0 unspecified atom stereocenters. The average molecular weight is 142 g/mol. The lowest BCUT2D eigenvalue weighted by Crippen LogP contribution is -2.07. The molecule has 4 heteroatoms. The Morgan fingerprint density at radius 3 is 2.00 bits per heavy atom. The number of hydrogen-bond donors (Lipinski definition) is 0. The van der Waals surface area contributed by atoms with E-state index in [0.29, 0.717) is 6.08 Å². The van der Waals surface area contributed by atoms with E-state index in [0.717, 1.165) is 0 Å². The predicted molar refractivity (Wildman–Crippen MR) is 25.5 cm³/mol. The van der Waals surface area contributed by atoms with Gasteiger partial charge in [0.1, 0.15) is 0 Å². The number of rotatable bonds is 1. The fourth-order valence-electron chi connectivity index (χ4n) is 0.295. The Labute approximate surface area is 50.2 Å². The predicted octanol–water partition coefficient (Wildman–Crippen LogP) is 2.81. The highest BCUT2D eigenvalue weighted by molar-refractivity contribution is 4.97. The molecule has 0 rings (SSSR count). The van der Waals surface area contributed by atoms with Crippen molar-refractivity contribution in [2.45, 2.75) is 19.5 Å². The molecular weight excluding hydrogens is 136 g/mol. The third-order valence-corrected chi connectivity index (χ3v) is 0.654. The van der Waals surface area contributed by atoms with E-state index < -0.39 is 12.0 Å². The van der Waals surface area contributed by atoms with Gasteiger partial charge in [0.15, 0.2) is 5.83 Å². The third-order valence-electron chi connectivity index (χ3n) is 0.654. The first-order valence-corrected chi connectivity index (χ1v) is 2.41. The van der Waals surface area contributed by atoms with Gasteiger partial charge in [0, 0.05) is 0 Å². The van der Waals surface area contributed by atoms with E-state index in [1.807, 2.05) is 0 Å². The minimum atomic E-state index is -4.80. The highest BCUT2D eigenvalue weighted by Crippen LogP contribution is 2.26. The zero-order valence-electron chi connectivity index (χ0n) is 4.80. The van der Waals surface area contributed by atoms with Crippen LogP contribution in [0.5, 0.6) is 0 Å². The topological polar surface area (TPSA) is 0 Å². The molecule has 0 aliphatic heterocycles. The minimum absolute atomic E-state index is 0.0609. The molecule has 0 bridgehead atoms. The summed E-state index contributed by atoms with van der Waals surface area (Å²) < 4.78 is 45.2. The molecule has 0 aliphatic rings. The van der Waals surface area contributed by atoms with Gasteiger partial charge in [-0.2, -0.15) is 13.2 Å². The van der Waals surface area contributed by atoms with Crippen molar-refractivity contribution in [3.05, 3.63) is 11.9 Å². The van der Waals surface area contributed by atoms with Crippen LogP contribution in [0.4, 0.5) is 17.6 Å². The molecule has 0 amide bonds. The minimum Gasteiger partial charge on any atom is -0.202 e. The SMILES string of the molecule is CC/C=C(/F)C(F)(F)F. The number of hydrogen-bond acceptors (Lipinski definition) is 0. The molecular formula is C5H6F4. The summed E-state index contributed by atoms with van der Waals surface area (Å²) in [7, 11) is 0. The Morgan fingerprint density at radius 1 is 1.44 bits per heavy atom. The molecule has 0 radical (unpaired) electrons. The Hall–Kier alpha value is -0.540. The Balaban J connectivity index is 4.03. The molecule has 0 aromatic rings. The quantitative estimate of drug-likeness (QED) is 0.494. The fraction of sp³-hybridized carbons (Fsp3) is 0.600. The first-order chi connectivity index (χ1) is 3.98. The summed E-state index contributed by atoms with van der Waals surface area (Å²) >= 11 is 0. The monoisotopic (exact) mass is 142 g/mol. The van der Waals surface area contributed by atoms with Gasteiger partial charge in [-0.1, -0.05) is 6.92 Å². The number of alkyl halides is 3. The van der Waals surface area contributed by atoms with E-state index in [4.69, 9.17) is 0 Å². The summed E-state index contributed by atoms with van der Waals surface area (Å²) in [6, 6.07) is 0.